The van der Waals surface area contributed by atoms with Gasteiger partial charge in [-0.25, -0.2) is 0 Å². The fourth-order valence-corrected chi connectivity index (χ4v) is 2.07. The van der Waals surface area contributed by atoms with E-state index in [0.29, 0.717) is 17.4 Å². The van der Waals surface area contributed by atoms with E-state index in [4.69, 9.17) is 5.73 Å². The van der Waals surface area contributed by atoms with Gasteiger partial charge in [0.05, 0.1) is 0 Å². The summed E-state index contributed by atoms with van der Waals surface area (Å²) in [5.74, 6) is 1.44. The van der Waals surface area contributed by atoms with Crippen molar-refractivity contribution in [2.24, 2.45) is 17.1 Å². The lowest BCUT2D eigenvalue weighted by atomic mass is 9.84. The van der Waals surface area contributed by atoms with Crippen LogP contribution >= 0.6 is 0 Å². The van der Waals surface area contributed by atoms with E-state index in [1.165, 1.54) is 0 Å². The van der Waals surface area contributed by atoms with Crippen LogP contribution in [0.5, 0.6) is 0 Å². The van der Waals surface area contributed by atoms with Crippen molar-refractivity contribution in [1.82, 2.24) is 9.78 Å². The standard InChI is InChI=1S/C14H28N4/c1-11(2)18-7-6-13(17-18)16-10-12(9-15)8-14(3,4)5/h6-7,11-12H,8-10,15H2,1-5H3,(H,16,17). The molecule has 0 aliphatic heterocycles. The third kappa shape index (κ3) is 5.08. The van der Waals surface area contributed by atoms with Gasteiger partial charge in [-0.1, -0.05) is 20.8 Å². The molecule has 0 fully saturated rings. The second-order valence-corrected chi connectivity index (χ2v) is 6.52. The molecular weight excluding hydrogens is 224 g/mol. The Labute approximate surface area is 111 Å². The van der Waals surface area contributed by atoms with Crippen molar-refractivity contribution in [2.45, 2.75) is 47.1 Å². The molecule has 0 aliphatic rings. The third-order valence-corrected chi connectivity index (χ3v) is 2.94. The molecular formula is C14H28N4. The second-order valence-electron chi connectivity index (χ2n) is 6.52. The summed E-state index contributed by atoms with van der Waals surface area (Å²) in [5.41, 5.74) is 6.15. The first kappa shape index (κ1) is 15.0. The number of hydrogen-bond donors (Lipinski definition) is 2. The van der Waals surface area contributed by atoms with Crippen molar-refractivity contribution >= 4 is 5.82 Å². The lowest BCUT2D eigenvalue weighted by Crippen LogP contribution is -2.27. The summed E-state index contributed by atoms with van der Waals surface area (Å²) in [6.45, 7) is 12.6. The van der Waals surface area contributed by atoms with Crippen LogP contribution in [0.1, 0.15) is 47.1 Å². The summed E-state index contributed by atoms with van der Waals surface area (Å²) in [6.07, 6.45) is 3.13. The van der Waals surface area contributed by atoms with Crippen molar-refractivity contribution in [3.63, 3.8) is 0 Å². The van der Waals surface area contributed by atoms with Crippen molar-refractivity contribution in [3.8, 4) is 0 Å². The highest BCUT2D eigenvalue weighted by Crippen LogP contribution is 2.24. The molecule has 0 aliphatic carbocycles. The summed E-state index contributed by atoms with van der Waals surface area (Å²) in [7, 11) is 0. The molecule has 0 spiro atoms. The molecule has 0 radical (unpaired) electrons. The van der Waals surface area contributed by atoms with Gasteiger partial charge >= 0.3 is 0 Å². The zero-order valence-electron chi connectivity index (χ0n) is 12.4. The number of nitrogens with zero attached hydrogens (tertiary/aromatic N) is 2. The van der Waals surface area contributed by atoms with Gasteiger partial charge in [-0.3, -0.25) is 4.68 Å². The SMILES string of the molecule is CC(C)n1ccc(NCC(CN)CC(C)(C)C)n1. The topological polar surface area (TPSA) is 55.9 Å². The van der Waals surface area contributed by atoms with Gasteiger partial charge in [0.15, 0.2) is 0 Å². The highest BCUT2D eigenvalue weighted by molar-refractivity contribution is 5.32. The zero-order valence-corrected chi connectivity index (χ0v) is 12.4. The quantitative estimate of drug-likeness (QED) is 0.818. The Kier molecular flexibility index (Phi) is 5.20. The van der Waals surface area contributed by atoms with Crippen LogP contribution < -0.4 is 11.1 Å². The first-order chi connectivity index (χ1) is 8.31. The molecule has 0 aromatic carbocycles. The molecule has 0 saturated heterocycles. The summed E-state index contributed by atoms with van der Waals surface area (Å²) < 4.78 is 1.96. The molecule has 18 heavy (non-hydrogen) atoms. The van der Waals surface area contributed by atoms with E-state index in [-0.39, 0.29) is 0 Å². The fourth-order valence-electron chi connectivity index (χ4n) is 2.07. The van der Waals surface area contributed by atoms with E-state index in [2.05, 4.69) is 45.0 Å². The van der Waals surface area contributed by atoms with E-state index in [1.54, 1.807) is 0 Å². The van der Waals surface area contributed by atoms with Crippen molar-refractivity contribution in [3.05, 3.63) is 12.3 Å². The van der Waals surface area contributed by atoms with Crippen LogP contribution in [-0.4, -0.2) is 22.9 Å². The first-order valence-electron chi connectivity index (χ1n) is 6.81. The molecule has 0 bridgehead atoms. The van der Waals surface area contributed by atoms with Crippen molar-refractivity contribution < 1.29 is 0 Å². The maximum absolute atomic E-state index is 5.83. The Hall–Kier alpha value is -1.03. The number of nitrogens with two attached hydrogens (primary N) is 1. The molecule has 4 nitrogen and oxygen atoms in total. The normalized spacial score (nSPS) is 13.9. The molecule has 1 atom stereocenters. The van der Waals surface area contributed by atoms with E-state index in [0.717, 1.165) is 25.3 Å². The summed E-state index contributed by atoms with van der Waals surface area (Å²) in [5, 5.41) is 7.86. The van der Waals surface area contributed by atoms with Crippen LogP contribution in [0, 0.1) is 11.3 Å². The van der Waals surface area contributed by atoms with Crippen LogP contribution in [0.4, 0.5) is 5.82 Å². The molecule has 3 N–H and O–H groups in total. The summed E-state index contributed by atoms with van der Waals surface area (Å²) in [4.78, 5) is 0. The summed E-state index contributed by atoms with van der Waals surface area (Å²) >= 11 is 0. The minimum Gasteiger partial charge on any atom is -0.368 e. The van der Waals surface area contributed by atoms with Crippen LogP contribution in [0.25, 0.3) is 0 Å². The smallest absolute Gasteiger partial charge is 0.148 e. The zero-order chi connectivity index (χ0) is 13.8. The number of rotatable bonds is 6. The average Bonchev–Trinajstić information content (AvgIpc) is 2.71. The third-order valence-electron chi connectivity index (χ3n) is 2.94. The van der Waals surface area contributed by atoms with Crippen LogP contribution in [0.3, 0.4) is 0 Å². The van der Waals surface area contributed by atoms with E-state index >= 15 is 0 Å². The van der Waals surface area contributed by atoms with E-state index in [1.807, 2.05) is 16.9 Å². The number of aromatic nitrogens is 2. The van der Waals surface area contributed by atoms with Gasteiger partial charge in [-0.05, 0) is 38.1 Å². The van der Waals surface area contributed by atoms with E-state index in [9.17, 15) is 0 Å². The second kappa shape index (κ2) is 6.23. The molecule has 1 unspecified atom stereocenters. The lowest BCUT2D eigenvalue weighted by Gasteiger charge is -2.25. The van der Waals surface area contributed by atoms with Gasteiger partial charge in [0.2, 0.25) is 0 Å². The maximum Gasteiger partial charge on any atom is 0.148 e. The van der Waals surface area contributed by atoms with Crippen LogP contribution in [0.2, 0.25) is 0 Å². The number of anilines is 1. The highest BCUT2D eigenvalue weighted by atomic mass is 15.3. The minimum atomic E-state index is 0.322. The summed E-state index contributed by atoms with van der Waals surface area (Å²) in [6, 6.07) is 2.42. The Bertz CT molecular complexity index is 349. The lowest BCUT2D eigenvalue weighted by molar-refractivity contribution is 0.305. The minimum absolute atomic E-state index is 0.322. The van der Waals surface area contributed by atoms with Crippen molar-refractivity contribution in [1.29, 1.82) is 0 Å². The Morgan fingerprint density at radius 1 is 1.39 bits per heavy atom. The molecule has 1 aromatic heterocycles. The predicted octanol–water partition coefficient (Wildman–Crippen LogP) is 2.89. The molecule has 1 aromatic rings. The van der Waals surface area contributed by atoms with Gasteiger partial charge < -0.3 is 11.1 Å². The van der Waals surface area contributed by atoms with Gasteiger partial charge in [0.25, 0.3) is 0 Å². The van der Waals surface area contributed by atoms with Gasteiger partial charge in [-0.2, -0.15) is 5.10 Å². The molecule has 4 heteroatoms. The predicted molar refractivity (Wildman–Crippen MR) is 77.7 cm³/mol. The first-order valence-corrected chi connectivity index (χ1v) is 6.81. The fraction of sp³-hybridized carbons (Fsp3) is 0.786. The maximum atomic E-state index is 5.83. The Morgan fingerprint density at radius 3 is 2.50 bits per heavy atom. The number of hydrogen-bond acceptors (Lipinski definition) is 3. The molecule has 104 valence electrons. The monoisotopic (exact) mass is 252 g/mol. The molecule has 0 amide bonds. The van der Waals surface area contributed by atoms with E-state index < -0.39 is 0 Å². The van der Waals surface area contributed by atoms with Gasteiger partial charge in [-0.15, -0.1) is 0 Å². The molecule has 0 saturated carbocycles. The van der Waals surface area contributed by atoms with Crippen LogP contribution in [0.15, 0.2) is 12.3 Å². The van der Waals surface area contributed by atoms with Crippen LogP contribution in [-0.2, 0) is 0 Å². The highest BCUT2D eigenvalue weighted by Gasteiger charge is 2.17. The number of nitrogens with one attached hydrogen (secondary N) is 1. The van der Waals surface area contributed by atoms with Gasteiger partial charge in [0.1, 0.15) is 5.82 Å². The Balaban J connectivity index is 2.47. The largest absolute Gasteiger partial charge is 0.368 e. The average molecular weight is 252 g/mol. The molecule has 1 rings (SSSR count). The van der Waals surface area contributed by atoms with Gasteiger partial charge in [0, 0.05) is 24.8 Å². The molecule has 1 heterocycles. The Morgan fingerprint density at radius 2 is 2.06 bits per heavy atom. The van der Waals surface area contributed by atoms with Crippen molar-refractivity contribution in [2.75, 3.05) is 18.4 Å².